The Balaban J connectivity index is 0.00000400. The van der Waals surface area contributed by atoms with Crippen molar-refractivity contribution in [3.05, 3.63) is 18.7 Å². The summed E-state index contributed by atoms with van der Waals surface area (Å²) in [6.07, 6.45) is 6.45. The molecule has 1 rings (SSSR count). The highest BCUT2D eigenvalue weighted by Gasteiger charge is 1.97. The van der Waals surface area contributed by atoms with Gasteiger partial charge in [-0.3, -0.25) is 4.99 Å². The molecule has 0 saturated carbocycles. The van der Waals surface area contributed by atoms with E-state index in [1.165, 1.54) is 0 Å². The van der Waals surface area contributed by atoms with Gasteiger partial charge in [0.15, 0.2) is 5.96 Å². The van der Waals surface area contributed by atoms with Gasteiger partial charge in [0, 0.05) is 52.8 Å². The van der Waals surface area contributed by atoms with Crippen molar-refractivity contribution in [2.75, 3.05) is 47.1 Å². The number of imidazole rings is 1. The number of hydrogen-bond acceptors (Lipinski definition) is 4. The first-order valence-electron chi connectivity index (χ1n) is 6.83. The van der Waals surface area contributed by atoms with E-state index in [1.807, 2.05) is 10.8 Å². The maximum Gasteiger partial charge on any atom is 0.191 e. The van der Waals surface area contributed by atoms with Gasteiger partial charge in [-0.1, -0.05) is 0 Å². The summed E-state index contributed by atoms with van der Waals surface area (Å²) in [5.74, 6) is 0.807. The fraction of sp³-hybridized carbons (Fsp3) is 0.692. The van der Waals surface area contributed by atoms with Crippen LogP contribution < -0.4 is 10.6 Å². The highest BCUT2D eigenvalue weighted by Crippen LogP contribution is 1.84. The monoisotopic (exact) mass is 411 g/mol. The topological polar surface area (TPSA) is 72.7 Å². The average Bonchev–Trinajstić information content (AvgIpc) is 2.97. The summed E-state index contributed by atoms with van der Waals surface area (Å²) in [7, 11) is 3.44. The predicted octanol–water partition coefficient (Wildman–Crippen LogP) is 0.719. The number of aromatic nitrogens is 2. The molecule has 0 atom stereocenters. The smallest absolute Gasteiger partial charge is 0.191 e. The van der Waals surface area contributed by atoms with Crippen molar-refractivity contribution in [1.29, 1.82) is 0 Å². The van der Waals surface area contributed by atoms with Crippen LogP contribution in [0.25, 0.3) is 0 Å². The molecule has 0 aliphatic heterocycles. The van der Waals surface area contributed by atoms with Crippen molar-refractivity contribution in [2.45, 2.75) is 13.0 Å². The van der Waals surface area contributed by atoms with E-state index in [0.717, 1.165) is 38.6 Å². The van der Waals surface area contributed by atoms with Crippen molar-refractivity contribution in [2.24, 2.45) is 4.99 Å². The Hall–Kier alpha value is -0.870. The van der Waals surface area contributed by atoms with Crippen molar-refractivity contribution < 1.29 is 9.47 Å². The summed E-state index contributed by atoms with van der Waals surface area (Å²) in [4.78, 5) is 8.16. The molecule has 1 heterocycles. The van der Waals surface area contributed by atoms with E-state index in [-0.39, 0.29) is 24.0 Å². The lowest BCUT2D eigenvalue weighted by molar-refractivity contribution is 0.0698. The first-order valence-corrected chi connectivity index (χ1v) is 6.83. The van der Waals surface area contributed by atoms with Crippen LogP contribution >= 0.6 is 24.0 Å². The molecule has 0 unspecified atom stereocenters. The molecular formula is C13H26IN5O2. The Morgan fingerprint density at radius 3 is 2.71 bits per heavy atom. The molecule has 0 aromatic carbocycles. The minimum atomic E-state index is 0. The zero-order valence-electron chi connectivity index (χ0n) is 12.7. The minimum absolute atomic E-state index is 0. The van der Waals surface area contributed by atoms with Crippen LogP contribution in [-0.4, -0.2) is 62.6 Å². The predicted molar refractivity (Wildman–Crippen MR) is 94.3 cm³/mol. The SMILES string of the molecule is CN=C(NCCCOCCOC)NCCn1ccnc1.I. The van der Waals surface area contributed by atoms with Crippen LogP contribution in [-0.2, 0) is 16.0 Å². The molecule has 0 saturated heterocycles. The van der Waals surface area contributed by atoms with Crippen LogP contribution in [0, 0.1) is 0 Å². The second kappa shape index (κ2) is 14.1. The Morgan fingerprint density at radius 2 is 2.05 bits per heavy atom. The third-order valence-corrected chi connectivity index (χ3v) is 2.63. The van der Waals surface area contributed by atoms with E-state index >= 15 is 0 Å². The van der Waals surface area contributed by atoms with Crippen LogP contribution in [0.5, 0.6) is 0 Å². The maximum absolute atomic E-state index is 5.38. The standard InChI is InChI=1S/C13H25N5O2.HI/c1-14-13(16-4-3-9-20-11-10-19-2)17-6-8-18-7-5-15-12-18;/h5,7,12H,3-4,6,8-11H2,1-2H3,(H2,14,16,17);1H. The summed E-state index contributed by atoms with van der Waals surface area (Å²) in [5.41, 5.74) is 0. The number of ether oxygens (including phenoxy) is 2. The van der Waals surface area contributed by atoms with Crippen LogP contribution in [0.1, 0.15) is 6.42 Å². The molecule has 0 fully saturated rings. The molecule has 8 heteroatoms. The highest BCUT2D eigenvalue weighted by molar-refractivity contribution is 14.0. The highest BCUT2D eigenvalue weighted by atomic mass is 127. The first-order chi connectivity index (χ1) is 9.86. The number of hydrogen-bond donors (Lipinski definition) is 2. The van der Waals surface area contributed by atoms with Crippen LogP contribution in [0.3, 0.4) is 0 Å². The summed E-state index contributed by atoms with van der Waals surface area (Å²) < 4.78 is 12.3. The lowest BCUT2D eigenvalue weighted by atomic mass is 10.4. The van der Waals surface area contributed by atoms with Gasteiger partial charge in [0.1, 0.15) is 0 Å². The Bertz CT molecular complexity index is 359. The summed E-state index contributed by atoms with van der Waals surface area (Å²) in [6, 6.07) is 0. The molecule has 0 bridgehead atoms. The molecule has 0 amide bonds. The third kappa shape index (κ3) is 10.5. The van der Waals surface area contributed by atoms with Crippen LogP contribution in [0.4, 0.5) is 0 Å². The normalized spacial score (nSPS) is 11.0. The maximum atomic E-state index is 5.38. The van der Waals surface area contributed by atoms with Gasteiger partial charge in [-0.15, -0.1) is 24.0 Å². The van der Waals surface area contributed by atoms with E-state index in [1.54, 1.807) is 26.7 Å². The van der Waals surface area contributed by atoms with Crippen molar-refractivity contribution in [1.82, 2.24) is 20.2 Å². The van der Waals surface area contributed by atoms with Gasteiger partial charge >= 0.3 is 0 Å². The van der Waals surface area contributed by atoms with Crippen molar-refractivity contribution >= 4 is 29.9 Å². The van der Waals surface area contributed by atoms with Gasteiger partial charge in [-0.05, 0) is 6.42 Å². The zero-order valence-corrected chi connectivity index (χ0v) is 15.1. The average molecular weight is 411 g/mol. The van der Waals surface area contributed by atoms with E-state index in [4.69, 9.17) is 9.47 Å². The summed E-state index contributed by atoms with van der Waals surface area (Å²) in [6.45, 7) is 4.51. The molecule has 122 valence electrons. The summed E-state index contributed by atoms with van der Waals surface area (Å²) in [5, 5.41) is 6.49. The molecule has 21 heavy (non-hydrogen) atoms. The van der Waals surface area contributed by atoms with Gasteiger partial charge < -0.3 is 24.7 Å². The molecule has 0 spiro atoms. The van der Waals surface area contributed by atoms with Crippen LogP contribution in [0.15, 0.2) is 23.7 Å². The first kappa shape index (κ1) is 20.1. The fourth-order valence-corrected chi connectivity index (χ4v) is 1.57. The number of nitrogens with zero attached hydrogens (tertiary/aromatic N) is 3. The third-order valence-electron chi connectivity index (χ3n) is 2.63. The second-order valence-electron chi connectivity index (χ2n) is 4.19. The van der Waals surface area contributed by atoms with E-state index in [2.05, 4.69) is 20.6 Å². The van der Waals surface area contributed by atoms with E-state index in [0.29, 0.717) is 13.2 Å². The van der Waals surface area contributed by atoms with Gasteiger partial charge in [0.05, 0.1) is 19.5 Å². The van der Waals surface area contributed by atoms with E-state index in [9.17, 15) is 0 Å². The van der Waals surface area contributed by atoms with E-state index < -0.39 is 0 Å². The molecule has 1 aromatic heterocycles. The molecule has 0 aliphatic rings. The van der Waals surface area contributed by atoms with Gasteiger partial charge in [-0.25, -0.2) is 4.98 Å². The zero-order chi connectivity index (χ0) is 14.5. The lowest BCUT2D eigenvalue weighted by Gasteiger charge is -2.12. The Labute approximate surface area is 143 Å². The molecule has 2 N–H and O–H groups in total. The lowest BCUT2D eigenvalue weighted by Crippen LogP contribution is -2.39. The van der Waals surface area contributed by atoms with Gasteiger partial charge in [0.25, 0.3) is 0 Å². The Morgan fingerprint density at radius 1 is 1.24 bits per heavy atom. The number of aliphatic imine (C=N–C) groups is 1. The number of nitrogens with one attached hydrogen (secondary N) is 2. The Kier molecular flexibility index (Phi) is 13.5. The largest absolute Gasteiger partial charge is 0.382 e. The molecule has 1 aromatic rings. The fourth-order valence-electron chi connectivity index (χ4n) is 1.57. The summed E-state index contributed by atoms with van der Waals surface area (Å²) >= 11 is 0. The number of methoxy groups -OCH3 is 1. The number of halogens is 1. The van der Waals surface area contributed by atoms with Gasteiger partial charge in [0.2, 0.25) is 0 Å². The number of rotatable bonds is 10. The number of guanidine groups is 1. The minimum Gasteiger partial charge on any atom is -0.382 e. The quantitative estimate of drug-likeness (QED) is 0.257. The molecule has 7 nitrogen and oxygen atoms in total. The van der Waals surface area contributed by atoms with Crippen LogP contribution in [0.2, 0.25) is 0 Å². The van der Waals surface area contributed by atoms with Crippen molar-refractivity contribution in [3.63, 3.8) is 0 Å². The molecular weight excluding hydrogens is 385 g/mol. The molecule has 0 radical (unpaired) electrons. The van der Waals surface area contributed by atoms with Gasteiger partial charge in [-0.2, -0.15) is 0 Å². The molecule has 0 aliphatic carbocycles. The second-order valence-corrected chi connectivity index (χ2v) is 4.19. The van der Waals surface area contributed by atoms with Crippen molar-refractivity contribution in [3.8, 4) is 0 Å².